The Morgan fingerprint density at radius 3 is 2.35 bits per heavy atom. The third-order valence-electron chi connectivity index (χ3n) is 4.02. The van der Waals surface area contributed by atoms with E-state index in [9.17, 15) is 25.0 Å². The summed E-state index contributed by atoms with van der Waals surface area (Å²) in [4.78, 5) is 44.8. The van der Waals surface area contributed by atoms with Gasteiger partial charge in [0.05, 0.1) is 16.3 Å². The van der Waals surface area contributed by atoms with Gasteiger partial charge >= 0.3 is 5.69 Å². The summed E-state index contributed by atoms with van der Waals surface area (Å²) in [5.74, 6) is -0.756. The predicted octanol–water partition coefficient (Wildman–Crippen LogP) is 1.99. The van der Waals surface area contributed by atoms with Gasteiger partial charge in [-0.15, -0.1) is 0 Å². The van der Waals surface area contributed by atoms with Gasteiger partial charge in [-0.25, -0.2) is 9.97 Å². The number of benzene rings is 1. The summed E-state index contributed by atoms with van der Waals surface area (Å²) in [6.07, 6.45) is 4.23. The highest BCUT2D eigenvalue weighted by Gasteiger charge is 2.23. The van der Waals surface area contributed by atoms with Crippen LogP contribution in [0.4, 0.5) is 23.0 Å². The topological polar surface area (TPSA) is 178 Å². The number of amides is 1. The van der Waals surface area contributed by atoms with Crippen LogP contribution in [0.3, 0.4) is 0 Å². The van der Waals surface area contributed by atoms with E-state index in [1.807, 2.05) is 0 Å². The lowest BCUT2D eigenvalue weighted by molar-refractivity contribution is -0.384. The van der Waals surface area contributed by atoms with E-state index in [1.165, 1.54) is 24.3 Å². The van der Waals surface area contributed by atoms with Crippen LogP contribution in [0.2, 0.25) is 0 Å². The molecule has 0 spiro atoms. The lowest BCUT2D eigenvalue weighted by Gasteiger charge is -2.11. The fourth-order valence-electron chi connectivity index (χ4n) is 2.56. The van der Waals surface area contributed by atoms with Crippen molar-refractivity contribution in [1.82, 2.24) is 20.4 Å². The lowest BCUT2D eigenvalue weighted by Crippen LogP contribution is -2.31. The van der Waals surface area contributed by atoms with Crippen molar-refractivity contribution in [2.24, 2.45) is 0 Å². The molecule has 0 aliphatic heterocycles. The normalized spacial score (nSPS) is 10.2. The Morgan fingerprint density at radius 1 is 0.968 bits per heavy atom. The maximum atomic E-state index is 12.1. The van der Waals surface area contributed by atoms with Crippen molar-refractivity contribution in [3.05, 3.63) is 86.5 Å². The van der Waals surface area contributed by atoms with Crippen LogP contribution < -0.4 is 16.2 Å². The molecular weight excluding hydrogens is 408 g/mol. The van der Waals surface area contributed by atoms with Gasteiger partial charge in [-0.05, 0) is 17.2 Å². The van der Waals surface area contributed by atoms with Crippen LogP contribution in [0.15, 0.2) is 55.1 Å². The number of nitro groups is 2. The Labute approximate surface area is 174 Å². The van der Waals surface area contributed by atoms with Crippen LogP contribution in [0.5, 0.6) is 0 Å². The minimum absolute atomic E-state index is 0.0315. The second kappa shape index (κ2) is 9.69. The molecule has 31 heavy (non-hydrogen) atoms. The number of carbonyl (C=O) groups is 1. The molecule has 0 fully saturated rings. The Balaban J connectivity index is 1.65. The molecule has 2 heterocycles. The molecule has 0 unspecified atom stereocenters. The fraction of sp³-hybridized carbons (Fsp3) is 0.111. The smallest absolute Gasteiger partial charge is 0.354 e. The molecule has 3 aromatic rings. The number of hydrazine groups is 1. The van der Waals surface area contributed by atoms with E-state index >= 15 is 0 Å². The molecule has 3 N–H and O–H groups in total. The van der Waals surface area contributed by atoms with Crippen LogP contribution in [-0.4, -0.2) is 30.7 Å². The number of rotatable bonds is 9. The number of nitro benzene ring substituents is 1. The van der Waals surface area contributed by atoms with E-state index in [1.54, 1.807) is 24.5 Å². The van der Waals surface area contributed by atoms with Crippen molar-refractivity contribution in [2.45, 2.75) is 13.0 Å². The average Bonchev–Trinajstić information content (AvgIpc) is 2.77. The molecule has 0 radical (unpaired) electrons. The minimum atomic E-state index is -0.670. The first-order chi connectivity index (χ1) is 14.9. The number of hydrogen-bond donors (Lipinski definition) is 3. The van der Waals surface area contributed by atoms with E-state index in [2.05, 4.69) is 31.1 Å². The van der Waals surface area contributed by atoms with Crippen molar-refractivity contribution in [1.29, 1.82) is 0 Å². The highest BCUT2D eigenvalue weighted by atomic mass is 16.6. The van der Waals surface area contributed by atoms with E-state index in [0.29, 0.717) is 5.56 Å². The molecule has 0 atom stereocenters. The number of non-ortho nitro benzene ring substituents is 1. The first-order valence-electron chi connectivity index (χ1n) is 8.84. The molecule has 13 heteroatoms. The molecule has 0 aliphatic carbocycles. The van der Waals surface area contributed by atoms with Crippen LogP contribution in [0, 0.1) is 20.2 Å². The lowest BCUT2D eigenvalue weighted by atomic mass is 10.1. The van der Waals surface area contributed by atoms with Crippen molar-refractivity contribution < 1.29 is 14.6 Å². The van der Waals surface area contributed by atoms with Crippen molar-refractivity contribution in [2.75, 3.05) is 10.7 Å². The third-order valence-corrected chi connectivity index (χ3v) is 4.02. The van der Waals surface area contributed by atoms with Gasteiger partial charge < -0.3 is 5.32 Å². The number of carbonyl (C=O) groups excluding carboxylic acids is 1. The van der Waals surface area contributed by atoms with E-state index < -0.39 is 21.4 Å². The van der Waals surface area contributed by atoms with Gasteiger partial charge in [-0.2, -0.15) is 0 Å². The van der Waals surface area contributed by atoms with Crippen molar-refractivity contribution in [3.8, 4) is 0 Å². The number of hydrogen-bond acceptors (Lipinski definition) is 10. The van der Waals surface area contributed by atoms with Gasteiger partial charge in [0.25, 0.3) is 5.69 Å². The summed E-state index contributed by atoms with van der Waals surface area (Å²) < 4.78 is 0. The highest BCUT2D eigenvalue weighted by Crippen LogP contribution is 2.28. The first kappa shape index (κ1) is 21.0. The molecular formula is C18H16N8O5. The monoisotopic (exact) mass is 424 g/mol. The molecule has 0 aliphatic rings. The Morgan fingerprint density at radius 2 is 1.71 bits per heavy atom. The summed E-state index contributed by atoms with van der Waals surface area (Å²) in [5, 5.41) is 25.1. The fourth-order valence-corrected chi connectivity index (χ4v) is 2.56. The quantitative estimate of drug-likeness (QED) is 0.340. The molecule has 158 valence electrons. The zero-order valence-electron chi connectivity index (χ0n) is 15.9. The van der Waals surface area contributed by atoms with E-state index in [-0.39, 0.29) is 30.3 Å². The molecule has 1 aromatic carbocycles. The van der Waals surface area contributed by atoms with Crippen LogP contribution in [0.25, 0.3) is 0 Å². The predicted molar refractivity (Wildman–Crippen MR) is 109 cm³/mol. The molecule has 2 aromatic heterocycles. The maximum absolute atomic E-state index is 12.1. The standard InChI is InChI=1S/C18H16N8O5/c27-15(8-12-3-5-14(6-4-12)25(28)29)23-24-18-16(26(30)31)17(21-11-22-18)20-10-13-2-1-7-19-9-13/h1-7,9,11H,8,10H2,(H,23,27)(H2,20,21,22,24). The zero-order valence-corrected chi connectivity index (χ0v) is 15.9. The number of nitrogens with zero attached hydrogens (tertiary/aromatic N) is 5. The zero-order chi connectivity index (χ0) is 22.2. The molecule has 0 saturated heterocycles. The van der Waals surface area contributed by atoms with Gasteiger partial charge in [0.1, 0.15) is 6.33 Å². The maximum Gasteiger partial charge on any atom is 0.354 e. The molecule has 13 nitrogen and oxygen atoms in total. The summed E-state index contributed by atoms with van der Waals surface area (Å²) >= 11 is 0. The molecule has 0 saturated carbocycles. The Kier molecular flexibility index (Phi) is 6.57. The largest absolute Gasteiger partial charge is 0.360 e. The Bertz CT molecular complexity index is 1090. The van der Waals surface area contributed by atoms with Crippen molar-refractivity contribution >= 4 is 28.9 Å². The van der Waals surface area contributed by atoms with E-state index in [0.717, 1.165) is 11.9 Å². The van der Waals surface area contributed by atoms with Gasteiger partial charge in [0, 0.05) is 31.1 Å². The summed E-state index contributed by atoms with van der Waals surface area (Å²) in [7, 11) is 0. The Hall–Kier alpha value is -4.68. The summed E-state index contributed by atoms with van der Waals surface area (Å²) in [5.41, 5.74) is 5.54. The van der Waals surface area contributed by atoms with Gasteiger partial charge in [-0.1, -0.05) is 18.2 Å². The van der Waals surface area contributed by atoms with Gasteiger partial charge in [-0.3, -0.25) is 40.9 Å². The number of pyridine rings is 1. The van der Waals surface area contributed by atoms with Crippen LogP contribution >= 0.6 is 0 Å². The minimum Gasteiger partial charge on any atom is -0.360 e. The number of aromatic nitrogens is 3. The SMILES string of the molecule is O=C(Cc1ccc([N+](=O)[O-])cc1)NNc1ncnc(NCc2cccnc2)c1[N+](=O)[O-]. The van der Waals surface area contributed by atoms with Gasteiger partial charge in [0.2, 0.25) is 17.5 Å². The second-order valence-corrected chi connectivity index (χ2v) is 6.16. The third kappa shape index (κ3) is 5.66. The van der Waals surface area contributed by atoms with Crippen LogP contribution in [-0.2, 0) is 17.8 Å². The number of nitrogens with one attached hydrogen (secondary N) is 3. The van der Waals surface area contributed by atoms with Crippen LogP contribution in [0.1, 0.15) is 11.1 Å². The average molecular weight is 424 g/mol. The van der Waals surface area contributed by atoms with E-state index in [4.69, 9.17) is 0 Å². The molecule has 1 amide bonds. The van der Waals surface area contributed by atoms with Gasteiger partial charge in [0.15, 0.2) is 0 Å². The second-order valence-electron chi connectivity index (χ2n) is 6.16. The number of anilines is 2. The first-order valence-corrected chi connectivity index (χ1v) is 8.84. The summed E-state index contributed by atoms with van der Waals surface area (Å²) in [6, 6.07) is 9.00. The molecule has 3 rings (SSSR count). The molecule has 0 bridgehead atoms. The summed E-state index contributed by atoms with van der Waals surface area (Å²) in [6.45, 7) is 0.248. The van der Waals surface area contributed by atoms with Crippen molar-refractivity contribution in [3.63, 3.8) is 0 Å². The highest BCUT2D eigenvalue weighted by molar-refractivity contribution is 5.81.